The predicted octanol–water partition coefficient (Wildman–Crippen LogP) is 0.392. The predicted molar refractivity (Wildman–Crippen MR) is 50.3 cm³/mol. The highest BCUT2D eigenvalue weighted by Gasteiger charge is 1.82. The molecular weight excluding hydrogens is 202 g/mol. The number of carbonyl (C=O) groups is 2. The molecule has 0 fully saturated rings. The van der Waals surface area contributed by atoms with Crippen molar-refractivity contribution in [1.82, 2.24) is 0 Å². The fourth-order valence-corrected chi connectivity index (χ4v) is 0.142. The van der Waals surface area contributed by atoms with Crippen LogP contribution in [0.5, 0.6) is 0 Å². The Hall–Kier alpha value is -2.54. The van der Waals surface area contributed by atoms with Crippen LogP contribution in [0.25, 0.3) is 0 Å². The quantitative estimate of drug-likeness (QED) is 0.636. The van der Waals surface area contributed by atoms with Crippen molar-refractivity contribution in [2.75, 3.05) is 6.61 Å². The Bertz CT molecular complexity index is 263. The van der Waals surface area contributed by atoms with Crippen LogP contribution in [0.3, 0.4) is 0 Å². The number of nitrogens with two attached hydrogens (primary N) is 1. The fourth-order valence-electron chi connectivity index (χ4n) is 0.142. The molecule has 15 heavy (non-hydrogen) atoms. The second-order valence-corrected chi connectivity index (χ2v) is 1.52. The van der Waals surface area contributed by atoms with Gasteiger partial charge in [-0.3, -0.25) is 0 Å². The molecule has 0 aromatic heterocycles. The number of hydrogen-bond acceptors (Lipinski definition) is 5. The molecule has 0 atom stereocenters. The van der Waals surface area contributed by atoms with Gasteiger partial charge in [0.25, 0.3) is 0 Å². The molecule has 3 N–H and O–H groups in total. The number of aliphatic carboxylic acids is 1. The van der Waals surface area contributed by atoms with Crippen molar-refractivity contribution in [1.29, 1.82) is 10.5 Å². The summed E-state index contributed by atoms with van der Waals surface area (Å²) in [7, 11) is 0. The number of carboxylic acid groups (broad SMARTS) is 1. The third kappa shape index (κ3) is 85.7. The van der Waals surface area contributed by atoms with E-state index in [1.807, 2.05) is 0 Å². The number of ether oxygens (including phenoxy) is 1. The van der Waals surface area contributed by atoms with Crippen molar-refractivity contribution < 1.29 is 19.4 Å². The van der Waals surface area contributed by atoms with E-state index in [0.29, 0.717) is 6.61 Å². The first-order chi connectivity index (χ1) is 6.95. The van der Waals surface area contributed by atoms with Crippen molar-refractivity contribution in [3.63, 3.8) is 0 Å². The summed E-state index contributed by atoms with van der Waals surface area (Å²) in [5.41, 5.74) is 4.54. The van der Waals surface area contributed by atoms with Gasteiger partial charge >= 0.3 is 12.1 Å². The minimum atomic E-state index is -0.981. The molecule has 0 bridgehead atoms. The lowest BCUT2D eigenvalue weighted by Crippen LogP contribution is -2.11. The third-order valence-corrected chi connectivity index (χ3v) is 0.511. The number of primary amides is 1. The largest absolute Gasteiger partial charge is 0.478 e. The Kier molecular flexibility index (Phi) is 21.4. The van der Waals surface area contributed by atoms with Crippen molar-refractivity contribution in [2.45, 2.75) is 6.92 Å². The van der Waals surface area contributed by atoms with Crippen molar-refractivity contribution in [2.24, 2.45) is 5.73 Å². The van der Waals surface area contributed by atoms with E-state index in [1.165, 1.54) is 12.1 Å². The Balaban J connectivity index is -0.000000147. The van der Waals surface area contributed by atoms with E-state index in [1.54, 1.807) is 6.92 Å². The molecular formula is C8H11N3O4. The van der Waals surface area contributed by atoms with Gasteiger partial charge < -0.3 is 15.6 Å². The zero-order chi connectivity index (χ0) is 12.7. The molecule has 7 nitrogen and oxygen atoms in total. The molecule has 7 heteroatoms. The minimum Gasteiger partial charge on any atom is -0.478 e. The van der Waals surface area contributed by atoms with Gasteiger partial charge in [0.05, 0.1) is 6.61 Å². The Labute approximate surface area is 87.0 Å². The van der Waals surface area contributed by atoms with Crippen LogP contribution < -0.4 is 5.73 Å². The molecule has 0 aliphatic rings. The zero-order valence-electron chi connectivity index (χ0n) is 8.14. The Morgan fingerprint density at radius 3 is 1.87 bits per heavy atom. The summed E-state index contributed by atoms with van der Waals surface area (Å²) in [4.78, 5) is 18.8. The van der Waals surface area contributed by atoms with Crippen LogP contribution in [-0.2, 0) is 9.53 Å². The lowest BCUT2D eigenvalue weighted by atomic mass is 10.7. The van der Waals surface area contributed by atoms with Crippen LogP contribution in [-0.4, -0.2) is 23.8 Å². The molecule has 0 aromatic carbocycles. The summed E-state index contributed by atoms with van der Waals surface area (Å²) in [6, 6.07) is 2.47. The van der Waals surface area contributed by atoms with Gasteiger partial charge in [0.1, 0.15) is 0 Å². The van der Waals surface area contributed by atoms with Gasteiger partial charge in [0.2, 0.25) is 0 Å². The second kappa shape index (κ2) is 17.5. The average molecular weight is 213 g/mol. The highest BCUT2D eigenvalue weighted by Crippen LogP contribution is 1.66. The molecule has 1 amide bonds. The average Bonchev–Trinajstić information content (AvgIpc) is 2.19. The van der Waals surface area contributed by atoms with E-state index in [-0.39, 0.29) is 0 Å². The van der Waals surface area contributed by atoms with E-state index in [4.69, 9.17) is 15.6 Å². The highest BCUT2D eigenvalue weighted by molar-refractivity contribution is 5.78. The number of carbonyl (C=O) groups excluding carboxylic acids is 1. The van der Waals surface area contributed by atoms with Gasteiger partial charge in [-0.05, 0) is 6.92 Å². The Morgan fingerprint density at radius 2 is 1.87 bits per heavy atom. The van der Waals surface area contributed by atoms with Gasteiger partial charge in [-0.15, -0.1) is 0 Å². The van der Waals surface area contributed by atoms with Gasteiger partial charge in [-0.2, -0.15) is 10.5 Å². The smallest absolute Gasteiger partial charge is 0.404 e. The first-order valence-electron chi connectivity index (χ1n) is 3.51. The molecule has 0 rings (SSSR count). The molecule has 0 saturated heterocycles. The number of nitriles is 2. The van der Waals surface area contributed by atoms with Crippen molar-refractivity contribution in [3.05, 3.63) is 12.7 Å². The summed E-state index contributed by atoms with van der Waals surface area (Å²) >= 11 is 0. The van der Waals surface area contributed by atoms with Gasteiger partial charge in [0, 0.05) is 6.08 Å². The maximum atomic E-state index is 9.60. The van der Waals surface area contributed by atoms with Crippen LogP contribution in [0.2, 0.25) is 0 Å². The monoisotopic (exact) mass is 213 g/mol. The zero-order valence-corrected chi connectivity index (χ0v) is 8.14. The van der Waals surface area contributed by atoms with Gasteiger partial charge in [-0.1, -0.05) is 6.58 Å². The minimum absolute atomic E-state index is 0.356. The first-order valence-corrected chi connectivity index (χ1v) is 3.51. The van der Waals surface area contributed by atoms with Crippen LogP contribution in [0.15, 0.2) is 12.7 Å². The second-order valence-electron chi connectivity index (χ2n) is 1.52. The highest BCUT2D eigenvalue weighted by atomic mass is 16.5. The topological polar surface area (TPSA) is 137 Å². The summed E-state index contributed by atoms with van der Waals surface area (Å²) in [6.07, 6.45) is 0.123. The lowest BCUT2D eigenvalue weighted by molar-refractivity contribution is -0.131. The molecule has 0 heterocycles. The molecule has 82 valence electrons. The van der Waals surface area contributed by atoms with Crippen LogP contribution in [0, 0.1) is 22.7 Å². The van der Waals surface area contributed by atoms with Gasteiger partial charge in [0.15, 0.2) is 12.1 Å². The standard InChI is InChI=1S/C3H7NO2.C3H4O2.C2N2/c1-2-6-3(4)5;1-2-3(4)5;3-1-2-4/h2H2,1H3,(H2,4,5);2H,1H2,(H,4,5);. The maximum Gasteiger partial charge on any atom is 0.404 e. The van der Waals surface area contributed by atoms with E-state index in [2.05, 4.69) is 17.0 Å². The first kappa shape index (κ1) is 18.3. The summed E-state index contributed by atoms with van der Waals surface area (Å²) in [6.45, 7) is 5.02. The Morgan fingerprint density at radius 1 is 1.53 bits per heavy atom. The summed E-state index contributed by atoms with van der Waals surface area (Å²) < 4.78 is 4.18. The molecule has 0 aliphatic carbocycles. The summed E-state index contributed by atoms with van der Waals surface area (Å²) in [5.74, 6) is -0.981. The molecule has 0 unspecified atom stereocenters. The number of carboxylic acids is 1. The molecule has 0 saturated carbocycles. The number of rotatable bonds is 2. The van der Waals surface area contributed by atoms with E-state index >= 15 is 0 Å². The summed E-state index contributed by atoms with van der Waals surface area (Å²) in [5, 5.41) is 22.1. The SMILES string of the molecule is C=CC(=O)O.CCOC(N)=O.N#CC#N. The van der Waals surface area contributed by atoms with Crippen LogP contribution in [0.1, 0.15) is 6.92 Å². The normalized spacial score (nSPS) is 5.80. The van der Waals surface area contributed by atoms with Crippen molar-refractivity contribution >= 4 is 12.1 Å². The molecule has 0 aromatic rings. The molecule has 0 spiro atoms. The fraction of sp³-hybridized carbons (Fsp3) is 0.250. The molecule has 0 aliphatic heterocycles. The van der Waals surface area contributed by atoms with E-state index in [0.717, 1.165) is 6.08 Å². The number of hydrogen-bond donors (Lipinski definition) is 2. The van der Waals surface area contributed by atoms with Gasteiger partial charge in [-0.25, -0.2) is 9.59 Å². The van der Waals surface area contributed by atoms with E-state index < -0.39 is 12.1 Å². The maximum absolute atomic E-state index is 9.60. The number of nitrogens with zero attached hydrogens (tertiary/aromatic N) is 2. The third-order valence-electron chi connectivity index (χ3n) is 0.511. The van der Waals surface area contributed by atoms with E-state index in [9.17, 15) is 9.59 Å². The van der Waals surface area contributed by atoms with Crippen molar-refractivity contribution in [3.8, 4) is 12.1 Å². The lowest BCUT2D eigenvalue weighted by Gasteiger charge is -1.89. The van der Waals surface area contributed by atoms with Crippen LogP contribution in [0.4, 0.5) is 4.79 Å². The number of amides is 1. The van der Waals surface area contributed by atoms with Crippen LogP contribution >= 0.6 is 0 Å². The molecule has 0 radical (unpaired) electrons.